The molecule has 1 N–H and O–H groups in total. The van der Waals surface area contributed by atoms with Crippen molar-refractivity contribution < 1.29 is 31.1 Å². The van der Waals surface area contributed by atoms with Gasteiger partial charge in [-0.1, -0.05) is 5.21 Å². The summed E-state index contributed by atoms with van der Waals surface area (Å²) in [5.41, 5.74) is -3.64. The fraction of sp³-hybridized carbons (Fsp3) is 0.250. The Morgan fingerprint density at radius 2 is 1.61 bits per heavy atom. The molecule has 0 aliphatic rings. The number of alkyl halides is 6. The Morgan fingerprint density at radius 1 is 1.04 bits per heavy atom. The molecule has 0 radical (unpaired) electrons. The Labute approximate surface area is 124 Å². The minimum Gasteiger partial charge on any atom is -0.324 e. The second kappa shape index (κ2) is 5.89. The summed E-state index contributed by atoms with van der Waals surface area (Å²) in [7, 11) is 0. The third-order valence-electron chi connectivity index (χ3n) is 2.65. The average molecular weight is 338 g/mol. The molecule has 11 heteroatoms. The standard InChI is InChI=1S/C12H8F6N4O/c13-11(14,15)7-3-8(12(16,17)18)5-9(4-7)20-10(23)6-22-2-1-19-21-22/h1-5H,6H2,(H,20,23). The first kappa shape index (κ1) is 16.8. The fourth-order valence-electron chi connectivity index (χ4n) is 1.69. The van der Waals surface area contributed by atoms with Gasteiger partial charge < -0.3 is 5.32 Å². The first-order valence-electron chi connectivity index (χ1n) is 5.99. The van der Waals surface area contributed by atoms with Gasteiger partial charge in [0.15, 0.2) is 0 Å². The van der Waals surface area contributed by atoms with Crippen LogP contribution in [0.2, 0.25) is 0 Å². The SMILES string of the molecule is O=C(Cn1ccnn1)Nc1cc(C(F)(F)F)cc(C(F)(F)F)c1. The Kier molecular flexibility index (Phi) is 4.30. The maximum atomic E-state index is 12.7. The molecule has 2 aromatic rings. The Hall–Kier alpha value is -2.59. The van der Waals surface area contributed by atoms with Crippen LogP contribution in [-0.4, -0.2) is 20.9 Å². The summed E-state index contributed by atoms with van der Waals surface area (Å²) in [4.78, 5) is 11.6. The van der Waals surface area contributed by atoms with Crippen LogP contribution in [-0.2, 0) is 23.7 Å². The number of nitrogens with zero attached hydrogens (tertiary/aromatic N) is 3. The van der Waals surface area contributed by atoms with Crippen LogP contribution in [0.15, 0.2) is 30.6 Å². The van der Waals surface area contributed by atoms with E-state index in [2.05, 4.69) is 10.3 Å². The number of aromatic nitrogens is 3. The monoisotopic (exact) mass is 338 g/mol. The van der Waals surface area contributed by atoms with Crippen molar-refractivity contribution >= 4 is 11.6 Å². The summed E-state index contributed by atoms with van der Waals surface area (Å²) in [6, 6.07) is 0.829. The molecule has 0 aliphatic heterocycles. The quantitative estimate of drug-likeness (QED) is 0.876. The van der Waals surface area contributed by atoms with Crippen LogP contribution in [0.3, 0.4) is 0 Å². The van der Waals surface area contributed by atoms with Gasteiger partial charge in [0.1, 0.15) is 6.54 Å². The van der Waals surface area contributed by atoms with Gasteiger partial charge in [-0.15, -0.1) is 5.10 Å². The normalized spacial score (nSPS) is 12.3. The lowest BCUT2D eigenvalue weighted by molar-refractivity contribution is -0.143. The highest BCUT2D eigenvalue weighted by Gasteiger charge is 2.37. The van der Waals surface area contributed by atoms with Gasteiger partial charge in [0.05, 0.1) is 17.3 Å². The molecule has 5 nitrogen and oxygen atoms in total. The van der Waals surface area contributed by atoms with Crippen molar-refractivity contribution in [2.24, 2.45) is 0 Å². The molecule has 0 saturated heterocycles. The molecular weight excluding hydrogens is 330 g/mol. The zero-order valence-corrected chi connectivity index (χ0v) is 11.1. The summed E-state index contributed by atoms with van der Waals surface area (Å²) < 4.78 is 77.1. The Morgan fingerprint density at radius 3 is 2.04 bits per heavy atom. The molecule has 0 unspecified atom stereocenters. The predicted octanol–water partition coefficient (Wildman–Crippen LogP) is 2.95. The van der Waals surface area contributed by atoms with E-state index in [0.717, 1.165) is 4.68 Å². The smallest absolute Gasteiger partial charge is 0.324 e. The number of halogens is 6. The number of rotatable bonds is 3. The van der Waals surface area contributed by atoms with Crippen LogP contribution >= 0.6 is 0 Å². The van der Waals surface area contributed by atoms with E-state index in [4.69, 9.17) is 0 Å². The van der Waals surface area contributed by atoms with Crippen LogP contribution in [0.25, 0.3) is 0 Å². The summed E-state index contributed by atoms with van der Waals surface area (Å²) in [5, 5.41) is 8.85. The summed E-state index contributed by atoms with van der Waals surface area (Å²) in [6.07, 6.45) is -7.38. The number of anilines is 1. The maximum Gasteiger partial charge on any atom is 0.416 e. The zero-order chi connectivity index (χ0) is 17.3. The number of hydrogen-bond acceptors (Lipinski definition) is 3. The lowest BCUT2D eigenvalue weighted by Gasteiger charge is -2.14. The third kappa shape index (κ3) is 4.44. The lowest BCUT2D eigenvalue weighted by atomic mass is 10.1. The van der Waals surface area contributed by atoms with Crippen LogP contribution in [0.4, 0.5) is 32.0 Å². The van der Waals surface area contributed by atoms with Gasteiger partial charge in [-0.25, -0.2) is 4.68 Å². The van der Waals surface area contributed by atoms with Crippen LogP contribution < -0.4 is 5.32 Å². The molecule has 1 aromatic carbocycles. The molecular formula is C12H8F6N4O. The van der Waals surface area contributed by atoms with Gasteiger partial charge in [0.25, 0.3) is 0 Å². The first-order valence-corrected chi connectivity index (χ1v) is 5.99. The Bertz CT molecular complexity index is 660. The number of hydrogen-bond donors (Lipinski definition) is 1. The van der Waals surface area contributed by atoms with Crippen molar-refractivity contribution in [3.05, 3.63) is 41.7 Å². The lowest BCUT2D eigenvalue weighted by Crippen LogP contribution is -2.20. The number of amides is 1. The van der Waals surface area contributed by atoms with Crippen molar-refractivity contribution in [3.8, 4) is 0 Å². The molecule has 0 saturated carbocycles. The van der Waals surface area contributed by atoms with Crippen molar-refractivity contribution in [1.82, 2.24) is 15.0 Å². The van der Waals surface area contributed by atoms with Crippen molar-refractivity contribution in [1.29, 1.82) is 0 Å². The second-order valence-corrected chi connectivity index (χ2v) is 4.44. The predicted molar refractivity (Wildman–Crippen MR) is 65.1 cm³/mol. The van der Waals surface area contributed by atoms with Crippen LogP contribution in [0.1, 0.15) is 11.1 Å². The zero-order valence-electron chi connectivity index (χ0n) is 11.1. The minimum atomic E-state index is -4.98. The van der Waals surface area contributed by atoms with Crippen molar-refractivity contribution in [2.75, 3.05) is 5.32 Å². The van der Waals surface area contributed by atoms with Crippen molar-refractivity contribution in [3.63, 3.8) is 0 Å². The molecule has 0 spiro atoms. The topological polar surface area (TPSA) is 59.8 Å². The molecule has 0 aliphatic carbocycles. The van der Waals surface area contributed by atoms with Crippen molar-refractivity contribution in [2.45, 2.75) is 18.9 Å². The van der Waals surface area contributed by atoms with Gasteiger partial charge in [0.2, 0.25) is 5.91 Å². The average Bonchev–Trinajstić information content (AvgIpc) is 2.88. The van der Waals surface area contributed by atoms with Gasteiger partial charge in [0, 0.05) is 11.9 Å². The summed E-state index contributed by atoms with van der Waals surface area (Å²) in [5.74, 6) is -0.844. The van der Waals surface area contributed by atoms with Gasteiger partial charge >= 0.3 is 12.4 Å². The fourth-order valence-corrected chi connectivity index (χ4v) is 1.69. The second-order valence-electron chi connectivity index (χ2n) is 4.44. The number of carbonyl (C=O) groups is 1. The van der Waals surface area contributed by atoms with E-state index in [-0.39, 0.29) is 6.07 Å². The molecule has 1 aromatic heterocycles. The minimum absolute atomic E-state index is 0.0208. The number of nitrogens with one attached hydrogen (secondary N) is 1. The summed E-state index contributed by atoms with van der Waals surface area (Å²) >= 11 is 0. The molecule has 0 bridgehead atoms. The van der Waals surface area contributed by atoms with E-state index < -0.39 is 41.6 Å². The van der Waals surface area contributed by atoms with Crippen LogP contribution in [0, 0.1) is 0 Å². The highest BCUT2D eigenvalue weighted by Crippen LogP contribution is 2.37. The number of carbonyl (C=O) groups excluding carboxylic acids is 1. The largest absolute Gasteiger partial charge is 0.416 e. The Balaban J connectivity index is 2.28. The third-order valence-corrected chi connectivity index (χ3v) is 2.65. The number of benzene rings is 1. The molecule has 1 heterocycles. The van der Waals surface area contributed by atoms with Crippen LogP contribution in [0.5, 0.6) is 0 Å². The molecule has 23 heavy (non-hydrogen) atoms. The first-order chi connectivity index (χ1) is 10.6. The molecule has 0 atom stereocenters. The maximum absolute atomic E-state index is 12.7. The van der Waals surface area contributed by atoms with Gasteiger partial charge in [-0.05, 0) is 18.2 Å². The van der Waals surface area contributed by atoms with E-state index in [0.29, 0.717) is 12.1 Å². The molecule has 124 valence electrons. The van der Waals surface area contributed by atoms with E-state index >= 15 is 0 Å². The highest BCUT2D eigenvalue weighted by atomic mass is 19.4. The van der Waals surface area contributed by atoms with E-state index in [1.54, 1.807) is 0 Å². The molecule has 2 rings (SSSR count). The van der Waals surface area contributed by atoms with Gasteiger partial charge in [-0.3, -0.25) is 4.79 Å². The highest BCUT2D eigenvalue weighted by molar-refractivity contribution is 5.90. The van der Waals surface area contributed by atoms with E-state index in [9.17, 15) is 31.1 Å². The van der Waals surface area contributed by atoms with E-state index in [1.807, 2.05) is 5.32 Å². The van der Waals surface area contributed by atoms with Gasteiger partial charge in [-0.2, -0.15) is 26.3 Å². The van der Waals surface area contributed by atoms with E-state index in [1.165, 1.54) is 12.4 Å². The summed E-state index contributed by atoms with van der Waals surface area (Å²) in [6.45, 7) is -0.405. The molecule has 0 fully saturated rings. The molecule has 1 amide bonds.